The minimum absolute atomic E-state index is 0.00188. The van der Waals surface area contributed by atoms with Crippen molar-refractivity contribution in [2.45, 2.75) is 31.6 Å². The molecule has 1 N–H and O–H groups in total. The maximum Gasteiger partial charge on any atom is 0.317 e. The predicted molar refractivity (Wildman–Crippen MR) is 96.4 cm³/mol. The van der Waals surface area contributed by atoms with Crippen LogP contribution in [0.5, 0.6) is 0 Å². The quantitative estimate of drug-likeness (QED) is 0.929. The van der Waals surface area contributed by atoms with Crippen molar-refractivity contribution in [2.75, 3.05) is 18.8 Å². The molecule has 6 nitrogen and oxygen atoms in total. The Morgan fingerprint density at radius 1 is 1.42 bits per heavy atom. The summed E-state index contributed by atoms with van der Waals surface area (Å²) in [6.45, 7) is 7.94. The molecule has 1 fully saturated rings. The summed E-state index contributed by atoms with van der Waals surface area (Å²) in [4.78, 5) is 18.4. The lowest BCUT2D eigenvalue weighted by Gasteiger charge is -2.38. The molecule has 1 saturated heterocycles. The van der Waals surface area contributed by atoms with E-state index in [1.54, 1.807) is 11.0 Å². The molecule has 0 radical (unpaired) electrons. The van der Waals surface area contributed by atoms with Crippen LogP contribution in [0.3, 0.4) is 0 Å². The standard InChI is InChI=1S/C17H23N5OS/c1-13(20-16(23)21-7-8-24-17(2,3)10-21)14-5-4-6-15(9-14)22-12-18-11-19-22/h4-6,9,11-13H,7-8,10H2,1-3H3,(H,20,23). The fourth-order valence-electron chi connectivity index (χ4n) is 2.83. The highest BCUT2D eigenvalue weighted by molar-refractivity contribution is 8.00. The first kappa shape index (κ1) is 16.8. The van der Waals surface area contributed by atoms with E-state index >= 15 is 0 Å². The van der Waals surface area contributed by atoms with E-state index in [0.717, 1.165) is 30.1 Å². The number of amides is 2. The molecule has 3 rings (SSSR count). The first-order valence-corrected chi connectivity index (χ1v) is 9.07. The van der Waals surface area contributed by atoms with Crippen LogP contribution in [0.2, 0.25) is 0 Å². The van der Waals surface area contributed by atoms with E-state index in [4.69, 9.17) is 0 Å². The van der Waals surface area contributed by atoms with Crippen LogP contribution < -0.4 is 5.32 Å². The number of carbonyl (C=O) groups is 1. The smallest absolute Gasteiger partial charge is 0.317 e. The summed E-state index contributed by atoms with van der Waals surface area (Å²) in [5.41, 5.74) is 1.98. The van der Waals surface area contributed by atoms with E-state index in [-0.39, 0.29) is 16.8 Å². The molecule has 1 aliphatic rings. The fourth-order valence-corrected chi connectivity index (χ4v) is 3.94. The van der Waals surface area contributed by atoms with Crippen molar-refractivity contribution in [1.82, 2.24) is 25.0 Å². The summed E-state index contributed by atoms with van der Waals surface area (Å²) in [5, 5.41) is 7.25. The zero-order chi connectivity index (χ0) is 17.2. The van der Waals surface area contributed by atoms with Crippen LogP contribution >= 0.6 is 11.8 Å². The zero-order valence-electron chi connectivity index (χ0n) is 14.3. The molecule has 0 aliphatic carbocycles. The van der Waals surface area contributed by atoms with Gasteiger partial charge < -0.3 is 10.2 Å². The van der Waals surface area contributed by atoms with Gasteiger partial charge in [-0.2, -0.15) is 16.9 Å². The maximum absolute atomic E-state index is 12.6. The van der Waals surface area contributed by atoms with E-state index in [2.05, 4.69) is 29.2 Å². The lowest BCUT2D eigenvalue weighted by molar-refractivity contribution is 0.191. The van der Waals surface area contributed by atoms with Gasteiger partial charge in [-0.1, -0.05) is 12.1 Å². The number of urea groups is 1. The lowest BCUT2D eigenvalue weighted by atomic mass is 10.1. The van der Waals surface area contributed by atoms with E-state index in [9.17, 15) is 4.79 Å². The third kappa shape index (κ3) is 3.90. The summed E-state index contributed by atoms with van der Waals surface area (Å²) in [6.07, 6.45) is 3.17. The largest absolute Gasteiger partial charge is 0.331 e. The summed E-state index contributed by atoms with van der Waals surface area (Å²) in [7, 11) is 0. The molecule has 1 aromatic carbocycles. The minimum atomic E-state index is -0.0707. The first-order chi connectivity index (χ1) is 11.4. The maximum atomic E-state index is 12.6. The monoisotopic (exact) mass is 345 g/mol. The summed E-state index contributed by atoms with van der Waals surface area (Å²) < 4.78 is 1.83. The normalized spacial score (nSPS) is 18.2. The molecule has 1 atom stereocenters. The third-order valence-corrected chi connectivity index (χ3v) is 5.40. The Labute approximate surface area is 146 Å². The molecule has 24 heavy (non-hydrogen) atoms. The molecule has 2 aromatic rings. The van der Waals surface area contributed by atoms with E-state index < -0.39 is 0 Å². The second kappa shape index (κ2) is 6.84. The number of carbonyl (C=O) groups excluding carboxylic acids is 1. The van der Waals surface area contributed by atoms with Crippen LogP contribution in [0.4, 0.5) is 4.79 Å². The Bertz CT molecular complexity index is 701. The molecule has 2 amide bonds. The molecular formula is C17H23N5OS. The van der Waals surface area contributed by atoms with Gasteiger partial charge in [0, 0.05) is 23.6 Å². The van der Waals surface area contributed by atoms with Gasteiger partial charge >= 0.3 is 6.03 Å². The van der Waals surface area contributed by atoms with Gasteiger partial charge in [0.05, 0.1) is 11.7 Å². The second-order valence-electron chi connectivity index (χ2n) is 6.64. The van der Waals surface area contributed by atoms with Gasteiger partial charge in [-0.3, -0.25) is 0 Å². The number of aromatic nitrogens is 3. The van der Waals surface area contributed by atoms with Crippen molar-refractivity contribution in [1.29, 1.82) is 0 Å². The summed E-state index contributed by atoms with van der Waals surface area (Å²) in [5.74, 6) is 0.983. The topological polar surface area (TPSA) is 63.1 Å². The van der Waals surface area contributed by atoms with E-state index in [1.807, 2.05) is 47.9 Å². The second-order valence-corrected chi connectivity index (χ2v) is 8.44. The van der Waals surface area contributed by atoms with Crippen molar-refractivity contribution in [3.63, 3.8) is 0 Å². The van der Waals surface area contributed by atoms with Crippen LogP contribution in [0.25, 0.3) is 5.69 Å². The molecule has 1 aliphatic heterocycles. The number of nitrogens with zero attached hydrogens (tertiary/aromatic N) is 4. The van der Waals surface area contributed by atoms with Crippen LogP contribution in [-0.4, -0.2) is 49.3 Å². The van der Waals surface area contributed by atoms with Crippen molar-refractivity contribution >= 4 is 17.8 Å². The molecular weight excluding hydrogens is 322 g/mol. The zero-order valence-corrected chi connectivity index (χ0v) is 15.1. The van der Waals surface area contributed by atoms with Gasteiger partial charge in [-0.15, -0.1) is 0 Å². The van der Waals surface area contributed by atoms with Crippen LogP contribution in [0, 0.1) is 0 Å². The van der Waals surface area contributed by atoms with Crippen LogP contribution in [-0.2, 0) is 0 Å². The number of nitrogens with one attached hydrogen (secondary N) is 1. The minimum Gasteiger partial charge on any atom is -0.331 e. The van der Waals surface area contributed by atoms with Gasteiger partial charge in [-0.25, -0.2) is 14.5 Å². The molecule has 1 unspecified atom stereocenters. The van der Waals surface area contributed by atoms with Gasteiger partial charge in [0.25, 0.3) is 0 Å². The van der Waals surface area contributed by atoms with E-state index in [0.29, 0.717) is 0 Å². The molecule has 0 spiro atoms. The number of thioether (sulfide) groups is 1. The number of rotatable bonds is 3. The van der Waals surface area contributed by atoms with Gasteiger partial charge in [0.2, 0.25) is 0 Å². The Hall–Kier alpha value is -2.02. The Morgan fingerprint density at radius 2 is 2.25 bits per heavy atom. The van der Waals surface area contributed by atoms with Crippen molar-refractivity contribution in [3.8, 4) is 5.69 Å². The number of hydrogen-bond donors (Lipinski definition) is 1. The fraction of sp³-hybridized carbons (Fsp3) is 0.471. The Morgan fingerprint density at radius 3 is 2.96 bits per heavy atom. The van der Waals surface area contributed by atoms with E-state index in [1.165, 1.54) is 6.33 Å². The lowest BCUT2D eigenvalue weighted by Crippen LogP contribution is -2.50. The average molecular weight is 345 g/mol. The first-order valence-electron chi connectivity index (χ1n) is 8.09. The highest BCUT2D eigenvalue weighted by Crippen LogP contribution is 2.29. The molecule has 0 bridgehead atoms. The Balaban J connectivity index is 1.67. The number of hydrogen-bond acceptors (Lipinski definition) is 4. The number of benzene rings is 1. The Kier molecular flexibility index (Phi) is 4.80. The average Bonchev–Trinajstić information content (AvgIpc) is 3.08. The van der Waals surface area contributed by atoms with Crippen LogP contribution in [0.1, 0.15) is 32.4 Å². The molecule has 2 heterocycles. The SMILES string of the molecule is CC(NC(=O)N1CCSC(C)(C)C1)c1cccc(-n2cncn2)c1. The molecule has 128 valence electrons. The highest BCUT2D eigenvalue weighted by Gasteiger charge is 2.30. The van der Waals surface area contributed by atoms with Crippen molar-refractivity contribution in [3.05, 3.63) is 42.5 Å². The van der Waals surface area contributed by atoms with Gasteiger partial charge in [0.1, 0.15) is 12.7 Å². The summed E-state index contributed by atoms with van der Waals surface area (Å²) >= 11 is 1.92. The third-order valence-electron chi connectivity index (χ3n) is 4.11. The molecule has 0 saturated carbocycles. The van der Waals surface area contributed by atoms with Crippen molar-refractivity contribution in [2.24, 2.45) is 0 Å². The predicted octanol–water partition coefficient (Wildman–Crippen LogP) is 2.87. The van der Waals surface area contributed by atoms with Gasteiger partial charge in [0.15, 0.2) is 0 Å². The molecule has 1 aromatic heterocycles. The summed E-state index contributed by atoms with van der Waals surface area (Å²) in [6, 6.07) is 7.91. The molecule has 7 heteroatoms. The van der Waals surface area contributed by atoms with Gasteiger partial charge in [-0.05, 0) is 38.5 Å². The highest BCUT2D eigenvalue weighted by atomic mass is 32.2. The van der Waals surface area contributed by atoms with Crippen molar-refractivity contribution < 1.29 is 4.79 Å². The van der Waals surface area contributed by atoms with Crippen LogP contribution in [0.15, 0.2) is 36.9 Å².